The third-order valence-electron chi connectivity index (χ3n) is 5.49. The van der Waals surface area contributed by atoms with Crippen molar-refractivity contribution in [3.8, 4) is 16.9 Å². The van der Waals surface area contributed by atoms with Crippen molar-refractivity contribution in [3.63, 3.8) is 0 Å². The van der Waals surface area contributed by atoms with Gasteiger partial charge in [-0.3, -0.25) is 4.68 Å². The van der Waals surface area contributed by atoms with Crippen molar-refractivity contribution in [1.82, 2.24) is 29.8 Å². The van der Waals surface area contributed by atoms with E-state index in [-0.39, 0.29) is 11.8 Å². The largest absolute Gasteiger partial charge is 0.336 e. The van der Waals surface area contributed by atoms with E-state index in [2.05, 4.69) is 38.5 Å². The van der Waals surface area contributed by atoms with Crippen LogP contribution < -0.4 is 5.32 Å². The Bertz CT molecular complexity index is 1230. The third kappa shape index (κ3) is 3.30. The number of rotatable bonds is 5. The van der Waals surface area contributed by atoms with Gasteiger partial charge in [-0.25, -0.2) is 9.18 Å². The number of hydrogen-bond donors (Lipinski definition) is 1. The Morgan fingerprint density at radius 3 is 2.67 bits per heavy atom. The van der Waals surface area contributed by atoms with Gasteiger partial charge in [-0.15, -0.1) is 5.10 Å². The monoisotopic (exact) mass is 404 g/mol. The molecule has 7 nitrogen and oxygen atoms in total. The van der Waals surface area contributed by atoms with Crippen molar-refractivity contribution in [3.05, 3.63) is 66.2 Å². The number of urea groups is 1. The number of hydrogen-bond acceptors (Lipinski definition) is 3. The normalized spacial score (nSPS) is 13.9. The first-order valence-corrected chi connectivity index (χ1v) is 9.88. The van der Waals surface area contributed by atoms with Crippen LogP contribution in [-0.2, 0) is 13.5 Å². The molecule has 3 heterocycles. The van der Waals surface area contributed by atoms with Crippen LogP contribution in [0.2, 0.25) is 0 Å². The van der Waals surface area contributed by atoms with Crippen LogP contribution in [0.1, 0.15) is 5.56 Å². The zero-order valence-corrected chi connectivity index (χ0v) is 16.5. The highest BCUT2D eigenvalue weighted by Crippen LogP contribution is 2.30. The first kappa shape index (κ1) is 18.4. The summed E-state index contributed by atoms with van der Waals surface area (Å²) in [5.74, 6) is -0.264. The fourth-order valence-electron chi connectivity index (χ4n) is 3.93. The van der Waals surface area contributed by atoms with Crippen LogP contribution in [0.25, 0.3) is 27.8 Å². The predicted octanol–water partition coefficient (Wildman–Crippen LogP) is 3.13. The lowest BCUT2D eigenvalue weighted by atomic mass is 10.1. The van der Waals surface area contributed by atoms with Crippen LogP contribution in [0.5, 0.6) is 0 Å². The van der Waals surface area contributed by atoms with Crippen LogP contribution >= 0.6 is 0 Å². The number of fused-ring (bicyclic) bond motifs is 1. The van der Waals surface area contributed by atoms with E-state index in [9.17, 15) is 9.18 Å². The summed E-state index contributed by atoms with van der Waals surface area (Å²) in [6.07, 6.45) is 4.68. The molecule has 8 heteroatoms. The molecular weight excluding hydrogens is 383 g/mol. The Kier molecular flexibility index (Phi) is 4.46. The van der Waals surface area contributed by atoms with Crippen molar-refractivity contribution < 1.29 is 9.18 Å². The minimum Gasteiger partial charge on any atom is -0.336 e. The van der Waals surface area contributed by atoms with Gasteiger partial charge in [-0.05, 0) is 48.4 Å². The molecule has 152 valence electrons. The average molecular weight is 404 g/mol. The van der Waals surface area contributed by atoms with Gasteiger partial charge in [0.05, 0.1) is 11.7 Å². The molecule has 1 aliphatic rings. The SMILES string of the molecule is Cn1cc(-c2ccc3c(c2)c(CCN2CCNC2=O)cn3-c2ccc(F)cc2)nn1. The van der Waals surface area contributed by atoms with Crippen molar-refractivity contribution >= 4 is 16.9 Å². The first-order chi connectivity index (χ1) is 14.6. The summed E-state index contributed by atoms with van der Waals surface area (Å²) in [6.45, 7) is 2.05. The van der Waals surface area contributed by atoms with Gasteiger partial charge in [-0.2, -0.15) is 0 Å². The molecule has 0 bridgehead atoms. The number of benzene rings is 2. The molecule has 4 aromatic rings. The first-order valence-electron chi connectivity index (χ1n) is 9.88. The number of nitrogens with one attached hydrogen (secondary N) is 1. The van der Waals surface area contributed by atoms with Crippen molar-refractivity contribution in [1.29, 1.82) is 0 Å². The van der Waals surface area contributed by atoms with E-state index in [0.29, 0.717) is 13.1 Å². The van der Waals surface area contributed by atoms with Gasteiger partial charge in [0.1, 0.15) is 11.5 Å². The number of nitrogens with zero attached hydrogens (tertiary/aromatic N) is 5. The van der Waals surface area contributed by atoms with Gasteiger partial charge in [0.25, 0.3) is 0 Å². The van der Waals surface area contributed by atoms with Crippen molar-refractivity contribution in [2.75, 3.05) is 19.6 Å². The summed E-state index contributed by atoms with van der Waals surface area (Å²) < 4.78 is 17.2. The number of aryl methyl sites for hydroxylation is 1. The van der Waals surface area contributed by atoms with Crippen molar-refractivity contribution in [2.24, 2.45) is 7.05 Å². The van der Waals surface area contributed by atoms with Gasteiger partial charge in [0, 0.05) is 49.5 Å². The second-order valence-electron chi connectivity index (χ2n) is 7.48. The fraction of sp³-hybridized carbons (Fsp3) is 0.227. The standard InChI is InChI=1S/C22H21FN6O/c1-27-14-20(25-26-27)15-2-7-21-19(12-15)16(8-10-28-11-9-24-22(28)30)13-29(21)18-5-3-17(23)4-6-18/h2-7,12-14H,8-11H2,1H3,(H,24,30). The smallest absolute Gasteiger partial charge is 0.317 e. The quantitative estimate of drug-likeness (QED) is 0.556. The van der Waals surface area contributed by atoms with Crippen LogP contribution in [-0.4, -0.2) is 50.1 Å². The molecule has 0 spiro atoms. The van der Waals surface area contributed by atoms with Gasteiger partial charge >= 0.3 is 6.03 Å². The van der Waals surface area contributed by atoms with Gasteiger partial charge in [-0.1, -0.05) is 11.3 Å². The Labute approximate surface area is 172 Å². The van der Waals surface area contributed by atoms with Gasteiger partial charge in [0.15, 0.2) is 0 Å². The minimum absolute atomic E-state index is 0.0162. The lowest BCUT2D eigenvalue weighted by molar-refractivity contribution is 0.218. The summed E-state index contributed by atoms with van der Waals surface area (Å²) in [5.41, 5.74) is 4.82. The average Bonchev–Trinajstić information content (AvgIpc) is 3.45. The molecule has 30 heavy (non-hydrogen) atoms. The van der Waals surface area contributed by atoms with Crippen LogP contribution in [0.15, 0.2) is 54.9 Å². The maximum Gasteiger partial charge on any atom is 0.317 e. The molecule has 2 aromatic carbocycles. The molecule has 0 radical (unpaired) electrons. The molecule has 2 aromatic heterocycles. The molecule has 1 saturated heterocycles. The molecule has 1 fully saturated rings. The number of halogens is 1. The molecule has 0 atom stereocenters. The highest BCUT2D eigenvalue weighted by Gasteiger charge is 2.20. The molecule has 0 unspecified atom stereocenters. The highest BCUT2D eigenvalue weighted by atomic mass is 19.1. The summed E-state index contributed by atoms with van der Waals surface area (Å²) in [5, 5.41) is 12.2. The highest BCUT2D eigenvalue weighted by molar-refractivity contribution is 5.89. The molecule has 5 rings (SSSR count). The summed E-state index contributed by atoms with van der Waals surface area (Å²) in [6, 6.07) is 12.6. The van der Waals surface area contributed by atoms with E-state index >= 15 is 0 Å². The summed E-state index contributed by atoms with van der Waals surface area (Å²) in [4.78, 5) is 13.7. The van der Waals surface area contributed by atoms with Gasteiger partial charge in [0.2, 0.25) is 0 Å². The van der Waals surface area contributed by atoms with Crippen LogP contribution in [0, 0.1) is 5.82 Å². The molecule has 1 N–H and O–H groups in total. The minimum atomic E-state index is -0.264. The summed E-state index contributed by atoms with van der Waals surface area (Å²) in [7, 11) is 1.84. The van der Waals surface area contributed by atoms with Crippen LogP contribution in [0.4, 0.5) is 9.18 Å². The zero-order chi connectivity index (χ0) is 20.7. The topological polar surface area (TPSA) is 68.0 Å². The van der Waals surface area contributed by atoms with E-state index in [4.69, 9.17) is 0 Å². The maximum atomic E-state index is 13.4. The summed E-state index contributed by atoms with van der Waals surface area (Å²) >= 11 is 0. The van der Waals surface area contributed by atoms with E-state index in [1.54, 1.807) is 16.8 Å². The second kappa shape index (κ2) is 7.29. The number of amides is 2. The fourth-order valence-corrected chi connectivity index (χ4v) is 3.93. The number of carbonyl (C=O) groups excluding carboxylic acids is 1. The maximum absolute atomic E-state index is 13.4. The van der Waals surface area contributed by atoms with E-state index < -0.39 is 0 Å². The van der Waals surface area contributed by atoms with Crippen molar-refractivity contribution in [2.45, 2.75) is 6.42 Å². The molecule has 0 saturated carbocycles. The number of aromatic nitrogens is 4. The lowest BCUT2D eigenvalue weighted by Crippen LogP contribution is -2.29. The van der Waals surface area contributed by atoms with E-state index in [1.165, 1.54) is 12.1 Å². The number of carbonyl (C=O) groups is 1. The second-order valence-corrected chi connectivity index (χ2v) is 7.48. The Morgan fingerprint density at radius 2 is 1.97 bits per heavy atom. The molecule has 1 aliphatic heterocycles. The molecule has 2 amide bonds. The van der Waals surface area contributed by atoms with Crippen LogP contribution in [0.3, 0.4) is 0 Å². The Balaban J connectivity index is 1.58. The third-order valence-corrected chi connectivity index (χ3v) is 5.49. The lowest BCUT2D eigenvalue weighted by Gasteiger charge is -2.13. The van der Waals surface area contributed by atoms with Gasteiger partial charge < -0.3 is 14.8 Å². The van der Waals surface area contributed by atoms with E-state index in [1.807, 2.05) is 24.2 Å². The predicted molar refractivity (Wildman–Crippen MR) is 112 cm³/mol. The molecule has 0 aliphatic carbocycles. The Hall–Kier alpha value is -3.68. The molecular formula is C22H21FN6O. The Morgan fingerprint density at radius 1 is 1.13 bits per heavy atom. The zero-order valence-electron chi connectivity index (χ0n) is 16.5. The van der Waals surface area contributed by atoms with E-state index in [0.717, 1.165) is 46.4 Å².